The van der Waals surface area contributed by atoms with Crippen LogP contribution in [0.25, 0.3) is 11.3 Å². The van der Waals surface area contributed by atoms with E-state index in [9.17, 15) is 9.59 Å². The maximum Gasteiger partial charge on any atom is 0.303 e. The van der Waals surface area contributed by atoms with Crippen LogP contribution in [0.5, 0.6) is 11.5 Å². The second-order valence-corrected chi connectivity index (χ2v) is 7.45. The molecule has 1 saturated heterocycles. The number of carbonyl (C=O) groups is 2. The maximum atomic E-state index is 12.7. The van der Waals surface area contributed by atoms with E-state index in [-0.39, 0.29) is 24.9 Å². The molecule has 0 aliphatic carbocycles. The van der Waals surface area contributed by atoms with Crippen molar-refractivity contribution in [1.29, 1.82) is 0 Å². The van der Waals surface area contributed by atoms with Crippen molar-refractivity contribution >= 4 is 28.3 Å². The average Bonchev–Trinajstić information content (AvgIpc) is 3.41. The highest BCUT2D eigenvalue weighted by Crippen LogP contribution is 2.36. The van der Waals surface area contributed by atoms with Gasteiger partial charge in [-0.3, -0.25) is 14.5 Å². The number of benzene rings is 1. The van der Waals surface area contributed by atoms with Crippen LogP contribution in [0, 0.1) is 0 Å². The summed E-state index contributed by atoms with van der Waals surface area (Å²) in [5, 5.41) is 11.3. The number of carboxylic acid groups (broad SMARTS) is 1. The fourth-order valence-corrected chi connectivity index (χ4v) is 4.00. The standard InChI is InChI=1S/C20H24N2O6S/c1-26-13-5-6-17(27-2)15(10-13)16-12-29-20(21-16)22(11-14-4-3-9-28-14)18(23)7-8-19(24)25/h5-6,10,12,14H,3-4,7-9,11H2,1-2H3,(H,24,25)/t14-/m0/s1. The van der Waals surface area contributed by atoms with Crippen molar-refractivity contribution in [2.24, 2.45) is 0 Å². The maximum absolute atomic E-state index is 12.7. The molecule has 1 fully saturated rings. The molecule has 1 atom stereocenters. The van der Waals surface area contributed by atoms with Crippen LogP contribution in [0.15, 0.2) is 23.6 Å². The predicted octanol–water partition coefficient (Wildman–Crippen LogP) is 3.20. The Balaban J connectivity index is 1.88. The highest BCUT2D eigenvalue weighted by molar-refractivity contribution is 7.14. The zero-order valence-electron chi connectivity index (χ0n) is 16.4. The van der Waals surface area contributed by atoms with E-state index in [0.717, 1.165) is 18.4 Å². The van der Waals surface area contributed by atoms with Gasteiger partial charge < -0.3 is 19.3 Å². The molecule has 1 aromatic heterocycles. The lowest BCUT2D eigenvalue weighted by Gasteiger charge is -2.23. The Labute approximate surface area is 173 Å². The molecule has 3 rings (SSSR count). The Morgan fingerprint density at radius 1 is 1.31 bits per heavy atom. The molecule has 1 aliphatic heterocycles. The molecule has 29 heavy (non-hydrogen) atoms. The lowest BCUT2D eigenvalue weighted by molar-refractivity contribution is -0.138. The number of aromatic nitrogens is 1. The highest BCUT2D eigenvalue weighted by Gasteiger charge is 2.26. The summed E-state index contributed by atoms with van der Waals surface area (Å²) in [5.41, 5.74) is 1.41. The van der Waals surface area contributed by atoms with Gasteiger partial charge in [-0.25, -0.2) is 4.98 Å². The first-order valence-electron chi connectivity index (χ1n) is 9.33. The molecule has 0 bridgehead atoms. The number of amides is 1. The first-order valence-corrected chi connectivity index (χ1v) is 10.2. The molecule has 156 valence electrons. The second-order valence-electron chi connectivity index (χ2n) is 6.61. The molecule has 2 aromatic rings. The second kappa shape index (κ2) is 9.71. The van der Waals surface area contributed by atoms with E-state index < -0.39 is 5.97 Å². The zero-order valence-corrected chi connectivity index (χ0v) is 17.2. The van der Waals surface area contributed by atoms with Gasteiger partial charge in [0.2, 0.25) is 5.91 Å². The molecule has 9 heteroatoms. The van der Waals surface area contributed by atoms with E-state index in [4.69, 9.17) is 19.3 Å². The van der Waals surface area contributed by atoms with E-state index >= 15 is 0 Å². The average molecular weight is 420 g/mol. The van der Waals surface area contributed by atoms with Gasteiger partial charge in [-0.1, -0.05) is 0 Å². The first-order chi connectivity index (χ1) is 14.0. The Morgan fingerprint density at radius 2 is 2.14 bits per heavy atom. The van der Waals surface area contributed by atoms with Gasteiger partial charge in [0, 0.05) is 24.0 Å². The Hall–Kier alpha value is -2.65. The van der Waals surface area contributed by atoms with Crippen molar-refractivity contribution in [3.8, 4) is 22.8 Å². The van der Waals surface area contributed by atoms with Crippen LogP contribution < -0.4 is 14.4 Å². The summed E-state index contributed by atoms with van der Waals surface area (Å²) in [6.07, 6.45) is 1.45. The smallest absolute Gasteiger partial charge is 0.303 e. The minimum Gasteiger partial charge on any atom is -0.497 e. The number of nitrogens with zero attached hydrogens (tertiary/aromatic N) is 2. The Morgan fingerprint density at radius 3 is 2.79 bits per heavy atom. The van der Waals surface area contributed by atoms with Gasteiger partial charge in [0.1, 0.15) is 11.5 Å². The summed E-state index contributed by atoms with van der Waals surface area (Å²) in [6.45, 7) is 1.03. The molecular weight excluding hydrogens is 396 g/mol. The van der Waals surface area contributed by atoms with E-state index in [1.807, 2.05) is 11.4 Å². The third-order valence-electron chi connectivity index (χ3n) is 4.67. The number of anilines is 1. The number of carboxylic acids is 1. The molecule has 0 saturated carbocycles. The van der Waals surface area contributed by atoms with Gasteiger partial charge in [0.05, 0.1) is 39.0 Å². The number of carbonyl (C=O) groups excluding carboxylic acids is 1. The van der Waals surface area contributed by atoms with Crippen molar-refractivity contribution in [2.45, 2.75) is 31.8 Å². The van der Waals surface area contributed by atoms with Crippen LogP contribution in [0.2, 0.25) is 0 Å². The lowest BCUT2D eigenvalue weighted by atomic mass is 10.1. The number of thiazole rings is 1. The number of ether oxygens (including phenoxy) is 3. The van der Waals surface area contributed by atoms with Crippen LogP contribution in [0.3, 0.4) is 0 Å². The normalized spacial score (nSPS) is 15.9. The summed E-state index contributed by atoms with van der Waals surface area (Å²) in [5.74, 6) is 0.0346. The summed E-state index contributed by atoms with van der Waals surface area (Å²) >= 11 is 1.33. The van der Waals surface area contributed by atoms with E-state index in [1.54, 1.807) is 31.3 Å². The number of hydrogen-bond acceptors (Lipinski definition) is 7. The molecule has 8 nitrogen and oxygen atoms in total. The van der Waals surface area contributed by atoms with Crippen LogP contribution >= 0.6 is 11.3 Å². The molecule has 2 heterocycles. The highest BCUT2D eigenvalue weighted by atomic mass is 32.1. The van der Waals surface area contributed by atoms with Gasteiger partial charge in [-0.05, 0) is 31.0 Å². The van der Waals surface area contributed by atoms with Crippen molar-refractivity contribution in [1.82, 2.24) is 4.98 Å². The van der Waals surface area contributed by atoms with Crippen molar-refractivity contribution in [2.75, 3.05) is 32.3 Å². The monoisotopic (exact) mass is 420 g/mol. The molecule has 0 radical (unpaired) electrons. The minimum atomic E-state index is -1.00. The van der Waals surface area contributed by atoms with Crippen LogP contribution in [-0.4, -0.2) is 55.4 Å². The minimum absolute atomic E-state index is 0.0671. The number of methoxy groups -OCH3 is 2. The fourth-order valence-electron chi connectivity index (χ4n) is 3.15. The quantitative estimate of drug-likeness (QED) is 0.665. The van der Waals surface area contributed by atoms with Gasteiger partial charge in [-0.2, -0.15) is 0 Å². The largest absolute Gasteiger partial charge is 0.497 e. The summed E-state index contributed by atoms with van der Waals surface area (Å²) in [4.78, 5) is 29.8. The van der Waals surface area contributed by atoms with Crippen molar-refractivity contribution in [3.63, 3.8) is 0 Å². The summed E-state index contributed by atoms with van der Waals surface area (Å²) in [7, 11) is 3.17. The van der Waals surface area contributed by atoms with Gasteiger partial charge in [0.25, 0.3) is 0 Å². The Bertz CT molecular complexity index is 862. The number of rotatable bonds is 9. The summed E-state index contributed by atoms with van der Waals surface area (Å²) < 4.78 is 16.4. The van der Waals surface area contributed by atoms with Crippen molar-refractivity contribution < 1.29 is 28.9 Å². The van der Waals surface area contributed by atoms with E-state index in [1.165, 1.54) is 11.3 Å². The molecule has 0 spiro atoms. The van der Waals surface area contributed by atoms with Crippen LogP contribution in [0.4, 0.5) is 5.13 Å². The number of aliphatic carboxylic acids is 1. The molecular formula is C20H24N2O6S. The van der Waals surface area contributed by atoms with Crippen molar-refractivity contribution in [3.05, 3.63) is 23.6 Å². The van der Waals surface area contributed by atoms with E-state index in [0.29, 0.717) is 35.5 Å². The SMILES string of the molecule is COc1ccc(OC)c(-c2csc(N(C[C@@H]3CCCO3)C(=O)CCC(=O)O)n2)c1. The zero-order chi connectivity index (χ0) is 20.8. The van der Waals surface area contributed by atoms with E-state index in [2.05, 4.69) is 4.98 Å². The molecule has 1 aromatic carbocycles. The predicted molar refractivity (Wildman–Crippen MR) is 109 cm³/mol. The summed E-state index contributed by atoms with van der Waals surface area (Å²) in [6, 6.07) is 5.43. The van der Waals surface area contributed by atoms with Gasteiger partial charge in [0.15, 0.2) is 5.13 Å². The fraction of sp³-hybridized carbons (Fsp3) is 0.450. The molecule has 0 unspecified atom stereocenters. The Kier molecular flexibility index (Phi) is 7.05. The third kappa shape index (κ3) is 5.24. The molecule has 1 amide bonds. The van der Waals surface area contributed by atoms with Gasteiger partial charge >= 0.3 is 5.97 Å². The first kappa shape index (κ1) is 21.1. The van der Waals surface area contributed by atoms with Crippen LogP contribution in [0.1, 0.15) is 25.7 Å². The lowest BCUT2D eigenvalue weighted by Crippen LogP contribution is -2.37. The molecule has 1 N–H and O–H groups in total. The van der Waals surface area contributed by atoms with Crippen LogP contribution in [-0.2, 0) is 14.3 Å². The topological polar surface area (TPSA) is 98.2 Å². The number of hydrogen-bond donors (Lipinski definition) is 1. The molecule has 1 aliphatic rings. The van der Waals surface area contributed by atoms with Gasteiger partial charge in [-0.15, -0.1) is 11.3 Å². The third-order valence-corrected chi connectivity index (χ3v) is 5.53.